The highest BCUT2D eigenvalue weighted by molar-refractivity contribution is 6.00. The normalized spacial score (nSPS) is 16.4. The molecule has 0 aliphatic carbocycles. The van der Waals surface area contributed by atoms with Crippen LogP contribution in [-0.4, -0.2) is 69.2 Å². The largest absolute Gasteiger partial charge is 0.458 e. The highest BCUT2D eigenvalue weighted by Gasteiger charge is 2.45. The zero-order chi connectivity index (χ0) is 42.6. The zero-order valence-electron chi connectivity index (χ0n) is 33.6. The van der Waals surface area contributed by atoms with Crippen molar-refractivity contribution in [1.82, 2.24) is 25.5 Å². The van der Waals surface area contributed by atoms with Crippen molar-refractivity contribution in [3.05, 3.63) is 87.2 Å². The Labute approximate surface area is 340 Å². The number of anilines is 2. The zero-order valence-corrected chi connectivity index (χ0v) is 33.6. The van der Waals surface area contributed by atoms with Crippen LogP contribution in [-0.2, 0) is 49.2 Å². The number of cyclic esters (lactones) is 1. The van der Waals surface area contributed by atoms with Gasteiger partial charge in [0.1, 0.15) is 19.3 Å². The second-order valence-corrected chi connectivity index (χ2v) is 15.4. The van der Waals surface area contributed by atoms with E-state index in [1.54, 1.807) is 60.0 Å². The van der Waals surface area contributed by atoms with Crippen molar-refractivity contribution in [2.75, 3.05) is 17.2 Å². The van der Waals surface area contributed by atoms with Crippen LogP contribution in [0.1, 0.15) is 76.1 Å². The number of aromatic nitrogens is 2. The van der Waals surface area contributed by atoms with E-state index in [2.05, 4.69) is 26.6 Å². The van der Waals surface area contributed by atoms with Gasteiger partial charge in [0.15, 0.2) is 5.60 Å². The quantitative estimate of drug-likeness (QED) is 0.0593. The molecule has 0 saturated heterocycles. The predicted octanol–water partition coefficient (Wildman–Crippen LogP) is 3.72. The van der Waals surface area contributed by atoms with Gasteiger partial charge in [0, 0.05) is 34.8 Å². The van der Waals surface area contributed by atoms with E-state index >= 15 is 0 Å². The first-order valence-corrected chi connectivity index (χ1v) is 19.6. The molecule has 4 aromatic rings. The second kappa shape index (κ2) is 17.7. The standard InChI is InChI=1S/C42H50N8O9/c1-6-42(57)29-18-33-35-25(19-50(33)38(53)28(29)21-58-39(42)54)17-27-30(47-35)9-7-10-31(27)49-41(56)59-20-24-12-14-26(15-13-24)46-36(51)32(11-8-16-44-40(43)55)48-37(52)34(22(2)3)45-23(4)5/h7,9-10,12-15,17-18,22-23,32,34,45,57H,6,8,11,16,19-21H2,1-5H3,(H,46,51)(H,48,52)(H,49,56)(H3,43,44,55)/t32-,34-,42-/m0/s1. The predicted molar refractivity (Wildman–Crippen MR) is 219 cm³/mol. The van der Waals surface area contributed by atoms with Crippen LogP contribution in [0.5, 0.6) is 0 Å². The molecule has 5 amide bonds. The van der Waals surface area contributed by atoms with E-state index in [-0.39, 0.29) is 73.7 Å². The fourth-order valence-electron chi connectivity index (χ4n) is 7.30. The fraction of sp³-hybridized carbons (Fsp3) is 0.405. The van der Waals surface area contributed by atoms with Crippen molar-refractivity contribution in [3.63, 3.8) is 0 Å². The number of pyridine rings is 2. The SMILES string of the molecule is CC[C@@]1(O)C(=O)OCc2c1cc1n(c2=O)Cc2cc3c(NC(=O)OCc4ccc(NC(=O)[C@H](CCCNC(N)=O)NC(=O)[C@@H](NC(C)C)C(C)C)cc4)cccc3nc2-1. The molecule has 2 aromatic heterocycles. The van der Waals surface area contributed by atoms with Gasteiger partial charge in [-0.25, -0.2) is 19.4 Å². The number of hydrogen-bond donors (Lipinski definition) is 7. The molecule has 4 heterocycles. The summed E-state index contributed by atoms with van der Waals surface area (Å²) in [4.78, 5) is 81.7. The first kappa shape index (κ1) is 42.3. The monoisotopic (exact) mass is 810 g/mol. The van der Waals surface area contributed by atoms with Crippen LogP contribution in [0.2, 0.25) is 0 Å². The Morgan fingerprint density at radius 2 is 1.76 bits per heavy atom. The number of urea groups is 1. The number of carbonyl (C=O) groups is 5. The molecule has 8 N–H and O–H groups in total. The van der Waals surface area contributed by atoms with Crippen LogP contribution in [0.4, 0.5) is 21.0 Å². The van der Waals surface area contributed by atoms with Crippen LogP contribution in [0.25, 0.3) is 22.3 Å². The van der Waals surface area contributed by atoms with Gasteiger partial charge in [0.25, 0.3) is 5.56 Å². The summed E-state index contributed by atoms with van der Waals surface area (Å²) in [6.07, 6.45) is -0.0427. The minimum absolute atomic E-state index is 0.0329. The van der Waals surface area contributed by atoms with E-state index in [1.165, 1.54) is 0 Å². The molecule has 2 aliphatic rings. The first-order valence-electron chi connectivity index (χ1n) is 19.6. The lowest BCUT2D eigenvalue weighted by molar-refractivity contribution is -0.172. The number of ether oxygens (including phenoxy) is 2. The van der Waals surface area contributed by atoms with Gasteiger partial charge < -0.3 is 46.1 Å². The lowest BCUT2D eigenvalue weighted by Crippen LogP contribution is -2.54. The number of rotatable bonds is 15. The summed E-state index contributed by atoms with van der Waals surface area (Å²) in [5.41, 5.74) is 7.14. The molecule has 17 heteroatoms. The number of fused-ring (bicyclic) bond motifs is 5. The summed E-state index contributed by atoms with van der Waals surface area (Å²) in [6, 6.07) is 13.4. The molecular formula is C42H50N8O9. The number of amides is 5. The van der Waals surface area contributed by atoms with Crippen molar-refractivity contribution in [3.8, 4) is 11.4 Å². The maximum absolute atomic E-state index is 13.5. The Hall–Kier alpha value is -6.33. The van der Waals surface area contributed by atoms with Crippen LogP contribution >= 0.6 is 0 Å². The third-order valence-electron chi connectivity index (χ3n) is 10.4. The molecule has 59 heavy (non-hydrogen) atoms. The summed E-state index contributed by atoms with van der Waals surface area (Å²) >= 11 is 0. The average molecular weight is 811 g/mol. The van der Waals surface area contributed by atoms with Crippen LogP contribution < -0.4 is 37.9 Å². The van der Waals surface area contributed by atoms with E-state index in [4.69, 9.17) is 20.2 Å². The molecule has 0 unspecified atom stereocenters. The molecule has 6 rings (SSSR count). The molecule has 2 aliphatic heterocycles. The summed E-state index contributed by atoms with van der Waals surface area (Å²) in [6.45, 7) is 9.48. The van der Waals surface area contributed by atoms with Crippen molar-refractivity contribution in [1.29, 1.82) is 0 Å². The second-order valence-electron chi connectivity index (χ2n) is 15.4. The van der Waals surface area contributed by atoms with Gasteiger partial charge in [0.05, 0.1) is 40.7 Å². The van der Waals surface area contributed by atoms with Gasteiger partial charge >= 0.3 is 18.1 Å². The maximum Gasteiger partial charge on any atom is 0.411 e. The summed E-state index contributed by atoms with van der Waals surface area (Å²) in [7, 11) is 0. The van der Waals surface area contributed by atoms with E-state index in [0.717, 1.165) is 5.56 Å². The Kier molecular flexibility index (Phi) is 12.7. The Morgan fingerprint density at radius 1 is 1.02 bits per heavy atom. The van der Waals surface area contributed by atoms with Crippen molar-refractivity contribution in [2.45, 2.75) is 97.4 Å². The molecular weight excluding hydrogens is 761 g/mol. The van der Waals surface area contributed by atoms with E-state index in [1.807, 2.05) is 33.8 Å². The maximum atomic E-state index is 13.5. The smallest absolute Gasteiger partial charge is 0.411 e. The molecule has 0 spiro atoms. The minimum atomic E-state index is -1.93. The Morgan fingerprint density at radius 3 is 2.44 bits per heavy atom. The number of nitrogens with zero attached hydrogens (tertiary/aromatic N) is 2. The fourth-order valence-corrected chi connectivity index (χ4v) is 7.30. The van der Waals surface area contributed by atoms with E-state index in [0.29, 0.717) is 45.6 Å². The molecule has 0 bridgehead atoms. The third-order valence-corrected chi connectivity index (χ3v) is 10.4. The Balaban J connectivity index is 1.09. The highest BCUT2D eigenvalue weighted by atomic mass is 16.6. The first-order chi connectivity index (χ1) is 28.1. The number of esters is 1. The summed E-state index contributed by atoms with van der Waals surface area (Å²) in [5, 5.41) is 26.0. The lowest BCUT2D eigenvalue weighted by atomic mass is 9.86. The number of hydrogen-bond acceptors (Lipinski definition) is 11. The minimum Gasteiger partial charge on any atom is -0.458 e. The number of nitrogens with two attached hydrogens (primary N) is 1. The van der Waals surface area contributed by atoms with Crippen LogP contribution in [0.3, 0.4) is 0 Å². The molecule has 17 nitrogen and oxygen atoms in total. The number of carbonyl (C=O) groups excluding carboxylic acids is 5. The topological polar surface area (TPSA) is 245 Å². The van der Waals surface area contributed by atoms with Gasteiger partial charge in [-0.2, -0.15) is 0 Å². The summed E-state index contributed by atoms with van der Waals surface area (Å²) in [5.74, 6) is -1.58. The number of aliphatic hydroxyl groups is 1. The highest BCUT2D eigenvalue weighted by Crippen LogP contribution is 2.39. The van der Waals surface area contributed by atoms with Crippen molar-refractivity contribution < 1.29 is 38.6 Å². The Bertz CT molecular complexity index is 2340. The van der Waals surface area contributed by atoms with Gasteiger partial charge in [-0.15, -0.1) is 0 Å². The van der Waals surface area contributed by atoms with Crippen LogP contribution in [0.15, 0.2) is 59.4 Å². The van der Waals surface area contributed by atoms with Gasteiger partial charge in [-0.3, -0.25) is 19.7 Å². The van der Waals surface area contributed by atoms with Crippen LogP contribution in [0, 0.1) is 5.92 Å². The molecule has 0 saturated carbocycles. The summed E-state index contributed by atoms with van der Waals surface area (Å²) < 4.78 is 12.2. The number of benzene rings is 2. The number of nitrogens with one attached hydrogen (secondary N) is 5. The van der Waals surface area contributed by atoms with Crippen molar-refractivity contribution >= 4 is 52.2 Å². The molecule has 0 fully saturated rings. The molecule has 0 radical (unpaired) electrons. The average Bonchev–Trinajstić information content (AvgIpc) is 3.56. The molecule has 3 atom stereocenters. The van der Waals surface area contributed by atoms with Gasteiger partial charge in [0.2, 0.25) is 11.8 Å². The molecule has 312 valence electrons. The van der Waals surface area contributed by atoms with Gasteiger partial charge in [-0.05, 0) is 67.1 Å². The molecule has 2 aromatic carbocycles. The van der Waals surface area contributed by atoms with Gasteiger partial charge in [-0.1, -0.05) is 52.8 Å². The number of primary amides is 1. The third kappa shape index (κ3) is 9.21. The lowest BCUT2D eigenvalue weighted by Gasteiger charge is -2.31. The van der Waals surface area contributed by atoms with Crippen molar-refractivity contribution in [2.24, 2.45) is 11.7 Å². The van der Waals surface area contributed by atoms with E-state index in [9.17, 15) is 33.9 Å². The van der Waals surface area contributed by atoms with E-state index < -0.39 is 41.7 Å².